The lowest BCUT2D eigenvalue weighted by molar-refractivity contribution is -0.384. The molecule has 0 saturated carbocycles. The third-order valence-electron chi connectivity index (χ3n) is 2.17. The summed E-state index contributed by atoms with van der Waals surface area (Å²) in [5, 5.41) is 10.7. The van der Waals surface area contributed by atoms with Gasteiger partial charge in [0, 0.05) is 6.07 Å². The lowest BCUT2D eigenvalue weighted by atomic mass is 10.1. The smallest absolute Gasteiger partial charge is 0.277 e. The first-order valence-corrected chi connectivity index (χ1v) is 6.58. The van der Waals surface area contributed by atoms with Crippen molar-refractivity contribution in [3.8, 4) is 0 Å². The van der Waals surface area contributed by atoms with E-state index >= 15 is 0 Å². The zero-order valence-electron chi connectivity index (χ0n) is 9.56. The van der Waals surface area contributed by atoms with E-state index in [0.717, 1.165) is 0 Å². The number of nitro groups is 1. The Morgan fingerprint density at radius 2 is 1.95 bits per heavy atom. The van der Waals surface area contributed by atoms with Crippen molar-refractivity contribution in [2.75, 3.05) is 10.5 Å². The van der Waals surface area contributed by atoms with Crippen LogP contribution in [0.3, 0.4) is 0 Å². The second-order valence-electron chi connectivity index (χ2n) is 3.49. The van der Waals surface area contributed by atoms with Gasteiger partial charge in [0.2, 0.25) is 10.0 Å². The Morgan fingerprint density at radius 1 is 1.37 bits per heavy atom. The van der Waals surface area contributed by atoms with Crippen molar-refractivity contribution in [2.45, 2.75) is 13.1 Å². The van der Waals surface area contributed by atoms with Crippen LogP contribution in [0.15, 0.2) is 18.2 Å². The molecule has 0 aliphatic carbocycles. The number of nitrogens with zero attached hydrogens (tertiary/aromatic N) is 1. The van der Waals surface area contributed by atoms with Crippen LogP contribution >= 0.6 is 0 Å². The largest absolute Gasteiger partial charge is 0.416 e. The second kappa shape index (κ2) is 5.03. The lowest BCUT2D eigenvalue weighted by Gasteiger charge is -2.10. The maximum atomic E-state index is 12.4. The summed E-state index contributed by atoms with van der Waals surface area (Å²) < 4.78 is 61.6. The zero-order chi connectivity index (χ0) is 14.8. The number of halogens is 3. The first-order valence-electron chi connectivity index (χ1n) is 4.93. The molecule has 0 heterocycles. The number of hydrogen-bond donors (Lipinski definition) is 1. The summed E-state index contributed by atoms with van der Waals surface area (Å²) in [6, 6.07) is 1.57. The van der Waals surface area contributed by atoms with Crippen LogP contribution in [0.1, 0.15) is 12.5 Å². The highest BCUT2D eigenvalue weighted by molar-refractivity contribution is 7.92. The number of nitrogens with one attached hydrogen (secondary N) is 1. The lowest BCUT2D eigenvalue weighted by Crippen LogP contribution is -2.16. The van der Waals surface area contributed by atoms with Gasteiger partial charge in [0.05, 0.1) is 16.2 Å². The van der Waals surface area contributed by atoms with E-state index in [1.165, 1.54) is 6.92 Å². The van der Waals surface area contributed by atoms with Crippen LogP contribution in [-0.4, -0.2) is 19.1 Å². The molecule has 19 heavy (non-hydrogen) atoms. The minimum absolute atomic E-state index is 0.285. The molecule has 6 nitrogen and oxygen atoms in total. The predicted octanol–water partition coefficient (Wildman–Crippen LogP) is 2.38. The normalized spacial score (nSPS) is 12.2. The molecule has 0 spiro atoms. The number of nitro benzene ring substituents is 1. The second-order valence-corrected chi connectivity index (χ2v) is 5.50. The Morgan fingerprint density at radius 3 is 2.37 bits per heavy atom. The number of sulfonamides is 1. The third-order valence-corrected chi connectivity index (χ3v) is 3.46. The van der Waals surface area contributed by atoms with Gasteiger partial charge in [-0.2, -0.15) is 13.2 Å². The minimum atomic E-state index is -4.74. The van der Waals surface area contributed by atoms with Crippen LogP contribution in [-0.2, 0) is 16.2 Å². The van der Waals surface area contributed by atoms with Crippen LogP contribution in [0.4, 0.5) is 24.5 Å². The number of benzene rings is 1. The van der Waals surface area contributed by atoms with Crippen molar-refractivity contribution < 1.29 is 26.5 Å². The fourth-order valence-electron chi connectivity index (χ4n) is 1.19. The van der Waals surface area contributed by atoms with Crippen LogP contribution in [0.25, 0.3) is 0 Å². The van der Waals surface area contributed by atoms with Crippen LogP contribution in [0.5, 0.6) is 0 Å². The van der Waals surface area contributed by atoms with Gasteiger partial charge in [-0.3, -0.25) is 14.8 Å². The maximum absolute atomic E-state index is 12.4. The molecule has 1 aromatic carbocycles. The third kappa shape index (κ3) is 3.81. The molecule has 1 aromatic rings. The minimum Gasteiger partial charge on any atom is -0.277 e. The topological polar surface area (TPSA) is 89.3 Å². The molecule has 106 valence electrons. The van der Waals surface area contributed by atoms with Crippen molar-refractivity contribution in [2.24, 2.45) is 0 Å². The average Bonchev–Trinajstić information content (AvgIpc) is 2.27. The zero-order valence-corrected chi connectivity index (χ0v) is 10.4. The molecular weight excluding hydrogens is 289 g/mol. The molecule has 0 fully saturated rings. The van der Waals surface area contributed by atoms with Gasteiger partial charge in [0.15, 0.2) is 0 Å². The van der Waals surface area contributed by atoms with E-state index in [1.54, 1.807) is 0 Å². The fourth-order valence-corrected chi connectivity index (χ4v) is 1.84. The maximum Gasteiger partial charge on any atom is 0.416 e. The van der Waals surface area contributed by atoms with E-state index in [-0.39, 0.29) is 11.8 Å². The van der Waals surface area contributed by atoms with Crippen molar-refractivity contribution in [1.82, 2.24) is 0 Å². The van der Waals surface area contributed by atoms with E-state index in [1.807, 2.05) is 4.72 Å². The highest BCUT2D eigenvalue weighted by Crippen LogP contribution is 2.35. The highest BCUT2D eigenvalue weighted by Gasteiger charge is 2.33. The first-order chi connectivity index (χ1) is 8.57. The Labute approximate surface area is 106 Å². The van der Waals surface area contributed by atoms with Gasteiger partial charge < -0.3 is 0 Å². The van der Waals surface area contributed by atoms with E-state index in [9.17, 15) is 31.7 Å². The Balaban J connectivity index is 3.32. The fraction of sp³-hybridized carbons (Fsp3) is 0.333. The molecule has 0 bridgehead atoms. The number of rotatable bonds is 4. The van der Waals surface area contributed by atoms with Crippen molar-refractivity contribution in [3.63, 3.8) is 0 Å². The number of hydrogen-bond acceptors (Lipinski definition) is 4. The quantitative estimate of drug-likeness (QED) is 0.682. The van der Waals surface area contributed by atoms with Crippen LogP contribution in [0, 0.1) is 10.1 Å². The van der Waals surface area contributed by atoms with Gasteiger partial charge in [0.25, 0.3) is 5.69 Å². The Hall–Kier alpha value is -1.84. The molecule has 0 aliphatic heterocycles. The average molecular weight is 298 g/mol. The molecule has 10 heteroatoms. The van der Waals surface area contributed by atoms with Crippen molar-refractivity contribution in [3.05, 3.63) is 33.9 Å². The van der Waals surface area contributed by atoms with Gasteiger partial charge in [0.1, 0.15) is 5.69 Å². The SMILES string of the molecule is CCS(=O)(=O)Nc1ccc(C(F)(F)F)cc1[N+](=O)[O-]. The predicted molar refractivity (Wildman–Crippen MR) is 61.2 cm³/mol. The van der Waals surface area contributed by atoms with E-state index < -0.39 is 38.1 Å². The van der Waals surface area contributed by atoms with E-state index in [2.05, 4.69) is 0 Å². The summed E-state index contributed by atoms with van der Waals surface area (Å²) in [5.41, 5.74) is -2.68. The number of anilines is 1. The molecule has 0 aliphatic rings. The van der Waals surface area contributed by atoms with Crippen molar-refractivity contribution in [1.29, 1.82) is 0 Å². The standard InChI is InChI=1S/C9H9F3N2O4S/c1-2-19(17,18)13-7-4-3-6(9(10,11)12)5-8(7)14(15)16/h3-5,13H,2H2,1H3. The molecule has 0 amide bonds. The van der Waals surface area contributed by atoms with Gasteiger partial charge in [-0.1, -0.05) is 0 Å². The molecule has 0 radical (unpaired) electrons. The molecule has 0 unspecified atom stereocenters. The van der Waals surface area contributed by atoms with Gasteiger partial charge in [-0.25, -0.2) is 8.42 Å². The van der Waals surface area contributed by atoms with Crippen LogP contribution < -0.4 is 4.72 Å². The summed E-state index contributed by atoms with van der Waals surface area (Å²) in [6.45, 7) is 1.29. The highest BCUT2D eigenvalue weighted by atomic mass is 32.2. The summed E-state index contributed by atoms with van der Waals surface area (Å²) in [4.78, 5) is 9.60. The Bertz CT molecular complexity index is 598. The molecule has 0 saturated heterocycles. The summed E-state index contributed by atoms with van der Waals surface area (Å²) in [6.07, 6.45) is -4.74. The first kappa shape index (κ1) is 15.2. The van der Waals surface area contributed by atoms with E-state index in [0.29, 0.717) is 12.1 Å². The molecular formula is C9H9F3N2O4S. The van der Waals surface area contributed by atoms with Gasteiger partial charge in [-0.05, 0) is 19.1 Å². The van der Waals surface area contributed by atoms with Crippen LogP contribution in [0.2, 0.25) is 0 Å². The van der Waals surface area contributed by atoms with Gasteiger partial charge >= 0.3 is 6.18 Å². The molecule has 0 atom stereocenters. The Kier molecular flexibility index (Phi) is 4.03. The van der Waals surface area contributed by atoms with E-state index in [4.69, 9.17) is 0 Å². The summed E-state index contributed by atoms with van der Waals surface area (Å²) >= 11 is 0. The number of alkyl halides is 3. The summed E-state index contributed by atoms with van der Waals surface area (Å²) in [5.74, 6) is -0.356. The molecule has 0 aromatic heterocycles. The summed E-state index contributed by atoms with van der Waals surface area (Å²) in [7, 11) is -3.81. The molecule has 1 rings (SSSR count). The van der Waals surface area contributed by atoms with Gasteiger partial charge in [-0.15, -0.1) is 0 Å². The van der Waals surface area contributed by atoms with Crippen molar-refractivity contribution >= 4 is 21.4 Å². The molecule has 1 N–H and O–H groups in total. The monoisotopic (exact) mass is 298 g/mol.